The van der Waals surface area contributed by atoms with Gasteiger partial charge >= 0.3 is 0 Å². The molecule has 33 heavy (non-hydrogen) atoms. The minimum Gasteiger partial charge on any atom is -0.366 e. The Labute approximate surface area is 194 Å². The van der Waals surface area contributed by atoms with Gasteiger partial charge in [-0.2, -0.15) is 0 Å². The number of nitrogens with two attached hydrogens (primary N) is 1. The Hall–Kier alpha value is -3.91. The van der Waals surface area contributed by atoms with Crippen molar-refractivity contribution in [2.45, 2.75) is 19.0 Å². The predicted octanol–water partition coefficient (Wildman–Crippen LogP) is 3.83. The molecule has 1 aromatic heterocycles. The molecule has 2 amide bonds. The quantitative estimate of drug-likeness (QED) is 0.337. The summed E-state index contributed by atoms with van der Waals surface area (Å²) in [6.07, 6.45) is 0. The van der Waals surface area contributed by atoms with Crippen molar-refractivity contribution < 1.29 is 9.59 Å². The lowest BCUT2D eigenvalue weighted by Crippen LogP contribution is -2.23. The number of hydrogen-bond donors (Lipinski definition) is 2. The minimum absolute atomic E-state index is 0.0112. The fourth-order valence-corrected chi connectivity index (χ4v) is 4.45. The minimum atomic E-state index is -0.626. The number of amides is 2. The average molecular weight is 459 g/mol. The van der Waals surface area contributed by atoms with Crippen LogP contribution in [0.15, 0.2) is 76.7 Å². The molecule has 0 aliphatic carbocycles. The van der Waals surface area contributed by atoms with E-state index in [-0.39, 0.29) is 22.8 Å². The SMILES string of the molecule is Cc1cc(C)cc(-n2c(SCC(=O)Nc3ccccc3C(N)=O)nc3ccccc3c2=O)c1. The smallest absolute Gasteiger partial charge is 0.266 e. The molecule has 0 bridgehead atoms. The Kier molecular flexibility index (Phi) is 6.28. The van der Waals surface area contributed by atoms with E-state index in [1.54, 1.807) is 42.5 Å². The molecule has 0 saturated heterocycles. The first kappa shape index (κ1) is 22.3. The topological polar surface area (TPSA) is 107 Å². The number of rotatable bonds is 6. The largest absolute Gasteiger partial charge is 0.366 e. The van der Waals surface area contributed by atoms with Crippen LogP contribution in [0, 0.1) is 13.8 Å². The van der Waals surface area contributed by atoms with Crippen molar-refractivity contribution in [3.63, 3.8) is 0 Å². The highest BCUT2D eigenvalue weighted by molar-refractivity contribution is 7.99. The van der Waals surface area contributed by atoms with Crippen molar-refractivity contribution in [1.29, 1.82) is 0 Å². The van der Waals surface area contributed by atoms with Gasteiger partial charge in [-0.1, -0.05) is 42.1 Å². The summed E-state index contributed by atoms with van der Waals surface area (Å²) in [5.41, 5.74) is 9.04. The maximum Gasteiger partial charge on any atom is 0.266 e. The van der Waals surface area contributed by atoms with E-state index in [1.807, 2.05) is 38.1 Å². The third kappa shape index (κ3) is 4.80. The number of nitrogens with one attached hydrogen (secondary N) is 1. The Morgan fingerprint density at radius 2 is 1.67 bits per heavy atom. The van der Waals surface area contributed by atoms with Crippen molar-refractivity contribution in [2.75, 3.05) is 11.1 Å². The summed E-state index contributed by atoms with van der Waals surface area (Å²) in [7, 11) is 0. The molecule has 0 radical (unpaired) electrons. The summed E-state index contributed by atoms with van der Waals surface area (Å²) in [5, 5.41) is 3.62. The number of nitrogens with zero attached hydrogens (tertiary/aromatic N) is 2. The highest BCUT2D eigenvalue weighted by atomic mass is 32.2. The van der Waals surface area contributed by atoms with E-state index in [1.165, 1.54) is 4.57 Å². The zero-order valence-corrected chi connectivity index (χ0v) is 19.0. The Morgan fingerprint density at radius 3 is 2.39 bits per heavy atom. The Bertz CT molecular complexity index is 1430. The van der Waals surface area contributed by atoms with Crippen molar-refractivity contribution in [3.8, 4) is 5.69 Å². The first-order valence-electron chi connectivity index (χ1n) is 10.3. The number of carbonyl (C=O) groups is 2. The number of hydrogen-bond acceptors (Lipinski definition) is 5. The molecule has 0 saturated carbocycles. The molecule has 0 atom stereocenters. The van der Waals surface area contributed by atoms with Crippen LogP contribution in [0.25, 0.3) is 16.6 Å². The number of fused-ring (bicyclic) bond motifs is 1. The van der Waals surface area contributed by atoms with Gasteiger partial charge in [-0.15, -0.1) is 0 Å². The van der Waals surface area contributed by atoms with Gasteiger partial charge in [-0.3, -0.25) is 19.0 Å². The van der Waals surface area contributed by atoms with Gasteiger partial charge in [0, 0.05) is 0 Å². The van der Waals surface area contributed by atoms with Crippen molar-refractivity contribution in [2.24, 2.45) is 5.73 Å². The fraction of sp³-hybridized carbons (Fsp3) is 0.120. The van der Waals surface area contributed by atoms with Crippen LogP contribution in [-0.2, 0) is 4.79 Å². The molecule has 0 aliphatic heterocycles. The summed E-state index contributed by atoms with van der Waals surface area (Å²) in [6.45, 7) is 3.93. The number of aryl methyl sites for hydroxylation is 2. The molecule has 0 unspecified atom stereocenters. The molecular weight excluding hydrogens is 436 g/mol. The second kappa shape index (κ2) is 9.30. The zero-order valence-electron chi connectivity index (χ0n) is 18.2. The van der Waals surface area contributed by atoms with E-state index in [9.17, 15) is 14.4 Å². The first-order chi connectivity index (χ1) is 15.8. The van der Waals surface area contributed by atoms with Crippen LogP contribution in [0.4, 0.5) is 5.69 Å². The summed E-state index contributed by atoms with van der Waals surface area (Å²) in [6, 6.07) is 19.5. The second-order valence-electron chi connectivity index (χ2n) is 7.64. The normalized spacial score (nSPS) is 10.8. The van der Waals surface area contributed by atoms with Gasteiger partial charge in [-0.05, 0) is 61.4 Å². The summed E-state index contributed by atoms with van der Waals surface area (Å²) < 4.78 is 1.54. The van der Waals surface area contributed by atoms with Gasteiger partial charge in [0.2, 0.25) is 5.91 Å². The monoisotopic (exact) mass is 458 g/mol. The number of para-hydroxylation sites is 2. The number of thioether (sulfide) groups is 1. The third-order valence-electron chi connectivity index (χ3n) is 5.01. The van der Waals surface area contributed by atoms with Crippen LogP contribution in [0.2, 0.25) is 0 Å². The van der Waals surface area contributed by atoms with Gasteiger partial charge in [0.15, 0.2) is 5.16 Å². The van der Waals surface area contributed by atoms with Crippen molar-refractivity contribution >= 4 is 40.2 Å². The van der Waals surface area contributed by atoms with E-state index in [2.05, 4.69) is 10.3 Å². The van der Waals surface area contributed by atoms with Gasteiger partial charge in [0.1, 0.15) is 0 Å². The van der Waals surface area contributed by atoms with Crippen LogP contribution in [0.5, 0.6) is 0 Å². The number of benzene rings is 3. The molecule has 4 aromatic rings. The summed E-state index contributed by atoms with van der Waals surface area (Å²) in [5.74, 6) is -0.982. The molecule has 0 spiro atoms. The number of primary amides is 1. The first-order valence-corrected chi connectivity index (χ1v) is 11.2. The van der Waals surface area contributed by atoms with Crippen molar-refractivity contribution in [3.05, 3.63) is 93.8 Å². The molecule has 3 N–H and O–H groups in total. The Morgan fingerprint density at radius 1 is 1.00 bits per heavy atom. The van der Waals surface area contributed by atoms with Crippen LogP contribution < -0.4 is 16.6 Å². The van der Waals surface area contributed by atoms with Crippen LogP contribution in [-0.4, -0.2) is 27.1 Å². The van der Waals surface area contributed by atoms with Crippen LogP contribution >= 0.6 is 11.8 Å². The lowest BCUT2D eigenvalue weighted by Gasteiger charge is -2.15. The summed E-state index contributed by atoms with van der Waals surface area (Å²) >= 11 is 1.15. The van der Waals surface area contributed by atoms with E-state index in [0.29, 0.717) is 27.4 Å². The molecule has 7 nitrogen and oxygen atoms in total. The standard InChI is InChI=1S/C25H22N4O3S/c1-15-11-16(2)13-17(12-15)29-24(32)19-8-4-6-10-21(19)28-25(29)33-14-22(30)27-20-9-5-3-7-18(20)23(26)31/h3-13H,14H2,1-2H3,(H2,26,31)(H,27,30). The van der Waals surface area contributed by atoms with E-state index >= 15 is 0 Å². The van der Waals surface area contributed by atoms with E-state index in [4.69, 9.17) is 5.73 Å². The third-order valence-corrected chi connectivity index (χ3v) is 5.95. The maximum atomic E-state index is 13.4. The van der Waals surface area contributed by atoms with Gasteiger partial charge in [0.05, 0.1) is 33.6 Å². The highest BCUT2D eigenvalue weighted by Crippen LogP contribution is 2.23. The molecular formula is C25H22N4O3S. The molecule has 0 fully saturated rings. The van der Waals surface area contributed by atoms with E-state index < -0.39 is 5.91 Å². The van der Waals surface area contributed by atoms with Gasteiger partial charge < -0.3 is 11.1 Å². The zero-order chi connectivity index (χ0) is 23.5. The van der Waals surface area contributed by atoms with E-state index in [0.717, 1.165) is 22.9 Å². The molecule has 0 aliphatic rings. The predicted molar refractivity (Wildman–Crippen MR) is 131 cm³/mol. The van der Waals surface area contributed by atoms with Gasteiger partial charge in [0.25, 0.3) is 11.5 Å². The Balaban J connectivity index is 1.69. The molecule has 1 heterocycles. The lowest BCUT2D eigenvalue weighted by molar-refractivity contribution is -0.113. The lowest BCUT2D eigenvalue weighted by atomic mass is 10.1. The maximum absolute atomic E-state index is 13.4. The van der Waals surface area contributed by atoms with Gasteiger partial charge in [-0.25, -0.2) is 4.98 Å². The average Bonchev–Trinajstić information content (AvgIpc) is 2.77. The number of carbonyl (C=O) groups excluding carboxylic acids is 2. The second-order valence-corrected chi connectivity index (χ2v) is 8.59. The molecule has 166 valence electrons. The van der Waals surface area contributed by atoms with Crippen LogP contribution in [0.1, 0.15) is 21.5 Å². The number of anilines is 1. The number of aromatic nitrogens is 2. The van der Waals surface area contributed by atoms with Crippen molar-refractivity contribution in [1.82, 2.24) is 9.55 Å². The van der Waals surface area contributed by atoms with Crippen LogP contribution in [0.3, 0.4) is 0 Å². The molecule has 8 heteroatoms. The summed E-state index contributed by atoms with van der Waals surface area (Å²) in [4.78, 5) is 42.3. The fourth-order valence-electron chi connectivity index (χ4n) is 3.64. The molecule has 3 aromatic carbocycles. The molecule has 4 rings (SSSR count). The highest BCUT2D eigenvalue weighted by Gasteiger charge is 2.16.